The maximum absolute atomic E-state index is 8.39. The molecule has 0 unspecified atom stereocenters. The Labute approximate surface area is 130 Å². The summed E-state index contributed by atoms with van der Waals surface area (Å²) in [6.45, 7) is 0.978. The van der Waals surface area contributed by atoms with Crippen LogP contribution in [0.25, 0.3) is 0 Å². The molecule has 0 aromatic carbocycles. The van der Waals surface area contributed by atoms with Crippen molar-refractivity contribution in [2.45, 2.75) is 13.5 Å². The molecule has 0 saturated carbocycles. The zero-order valence-corrected chi connectivity index (χ0v) is 12.2. The summed E-state index contributed by atoms with van der Waals surface area (Å²) in [4.78, 5) is 0. The van der Waals surface area contributed by atoms with Crippen LogP contribution < -0.4 is 33.9 Å². The summed E-state index contributed by atoms with van der Waals surface area (Å²) in [6, 6.07) is 9.57. The van der Waals surface area contributed by atoms with Gasteiger partial charge in [0.2, 0.25) is 0 Å². The average molecular weight is 316 g/mol. The van der Waals surface area contributed by atoms with Crippen LogP contribution in [0.1, 0.15) is 5.56 Å². The van der Waals surface area contributed by atoms with Gasteiger partial charge in [0.15, 0.2) is 24.8 Å². The van der Waals surface area contributed by atoms with E-state index in [0.29, 0.717) is 13.5 Å². The lowest BCUT2D eigenvalue weighted by molar-refractivity contribution is -0.788. The molecular weight excluding hydrogens is 301 g/mol. The van der Waals surface area contributed by atoms with Crippen molar-refractivity contribution >= 4 is 6.21 Å². The number of hydrogen-bond acceptors (Lipinski definition) is 3. The summed E-state index contributed by atoms with van der Waals surface area (Å²) >= 11 is 0. The van der Waals surface area contributed by atoms with E-state index in [1.54, 1.807) is 0 Å². The fourth-order valence-electron chi connectivity index (χ4n) is 1.48. The van der Waals surface area contributed by atoms with Crippen molar-refractivity contribution in [3.05, 3.63) is 60.7 Å². The van der Waals surface area contributed by atoms with Gasteiger partial charge >= 0.3 is 0 Å². The van der Waals surface area contributed by atoms with Gasteiger partial charge in [-0.2, -0.15) is 9.13 Å². The number of oxime groups is 1. The van der Waals surface area contributed by atoms with Gasteiger partial charge in [0.1, 0.15) is 0 Å². The van der Waals surface area contributed by atoms with E-state index >= 15 is 0 Å². The molecule has 0 radical (unpaired) electrons. The molecule has 0 aliphatic rings. The largest absolute Gasteiger partial charge is 1.00 e. The Bertz CT molecular complexity index is 507. The lowest BCUT2D eigenvalue weighted by Crippen LogP contribution is -3.00. The fraction of sp³-hybridized carbons (Fsp3) is 0.154. The Balaban J connectivity index is 0.00000180. The number of nitrogens with zero attached hydrogens (tertiary/aromatic N) is 3. The van der Waals surface area contributed by atoms with Crippen LogP contribution in [0.15, 0.2) is 60.3 Å². The van der Waals surface area contributed by atoms with E-state index in [1.165, 1.54) is 6.21 Å². The second-order valence-corrected chi connectivity index (χ2v) is 3.74. The van der Waals surface area contributed by atoms with Gasteiger partial charge < -0.3 is 30.0 Å². The van der Waals surface area contributed by atoms with Crippen LogP contribution in [-0.2, 0) is 18.2 Å². The zero-order chi connectivity index (χ0) is 12.6. The third-order valence-electron chi connectivity index (χ3n) is 2.38. The first kappa shape index (κ1) is 18.3. The average Bonchev–Trinajstić information content (AvgIpc) is 2.42. The molecule has 108 valence electrons. The Morgan fingerprint density at radius 1 is 0.950 bits per heavy atom. The van der Waals surface area contributed by atoms with Crippen molar-refractivity contribution in [1.82, 2.24) is 0 Å². The highest BCUT2D eigenvalue weighted by Gasteiger charge is 2.02. The van der Waals surface area contributed by atoms with Gasteiger partial charge in [-0.1, -0.05) is 11.2 Å². The van der Waals surface area contributed by atoms with Crippen LogP contribution in [0.3, 0.4) is 0 Å². The van der Waals surface area contributed by atoms with Gasteiger partial charge in [-0.25, -0.2) is 0 Å². The van der Waals surface area contributed by atoms with Crippen LogP contribution in [-0.4, -0.2) is 11.4 Å². The molecule has 2 heterocycles. The van der Waals surface area contributed by atoms with Gasteiger partial charge in [-0.05, 0) is 0 Å². The molecule has 0 atom stereocenters. The molecule has 0 fully saturated rings. The van der Waals surface area contributed by atoms with Gasteiger partial charge in [-0.3, -0.25) is 4.74 Å². The first-order chi connectivity index (χ1) is 8.88. The first-order valence-electron chi connectivity index (χ1n) is 5.57. The van der Waals surface area contributed by atoms with Crippen molar-refractivity contribution in [2.24, 2.45) is 5.16 Å². The number of rotatable bonds is 5. The summed E-state index contributed by atoms with van der Waals surface area (Å²) in [7, 11) is 0. The maximum atomic E-state index is 8.39. The predicted octanol–water partition coefficient (Wildman–Crippen LogP) is -5.29. The summed E-state index contributed by atoms with van der Waals surface area (Å²) in [6.07, 6.45) is 9.02. The standard InChI is InChI=1S/C13H14N3O2.2ClH/c17-14-10-13-4-8-16(9-5-13)12-18-11-15-6-2-1-3-7-15;;/h1-10H,11-12H2;2*1H/q+1;;/p-1. The highest BCUT2D eigenvalue weighted by atomic mass is 35.5. The molecule has 5 nitrogen and oxygen atoms in total. The second-order valence-electron chi connectivity index (χ2n) is 3.74. The summed E-state index contributed by atoms with van der Waals surface area (Å²) < 4.78 is 9.40. The molecule has 2 rings (SSSR count). The second kappa shape index (κ2) is 10.1. The number of hydrogen-bond donors (Lipinski definition) is 1. The van der Waals surface area contributed by atoms with Gasteiger partial charge in [0.05, 0.1) is 6.21 Å². The van der Waals surface area contributed by atoms with Crippen LogP contribution in [0.5, 0.6) is 0 Å². The number of ether oxygens (including phenoxy) is 1. The van der Waals surface area contributed by atoms with Crippen LogP contribution in [0.2, 0.25) is 0 Å². The molecule has 0 bridgehead atoms. The van der Waals surface area contributed by atoms with Gasteiger partial charge in [-0.15, -0.1) is 0 Å². The van der Waals surface area contributed by atoms with E-state index in [4.69, 9.17) is 9.94 Å². The van der Waals surface area contributed by atoms with Crippen molar-refractivity contribution < 1.29 is 43.9 Å². The molecule has 2 aromatic heterocycles. The Kier molecular flexibility index (Phi) is 9.28. The Morgan fingerprint density at radius 3 is 2.05 bits per heavy atom. The minimum absolute atomic E-state index is 0. The fourth-order valence-corrected chi connectivity index (χ4v) is 1.48. The van der Waals surface area contributed by atoms with Crippen LogP contribution in [0.4, 0.5) is 0 Å². The number of pyridine rings is 2. The predicted molar refractivity (Wildman–Crippen MR) is 63.7 cm³/mol. The molecule has 20 heavy (non-hydrogen) atoms. The van der Waals surface area contributed by atoms with E-state index < -0.39 is 0 Å². The molecule has 0 spiro atoms. The number of aromatic nitrogens is 2. The van der Waals surface area contributed by atoms with E-state index in [-0.39, 0.29) is 24.8 Å². The molecule has 0 amide bonds. The van der Waals surface area contributed by atoms with Crippen LogP contribution >= 0.6 is 0 Å². The van der Waals surface area contributed by atoms with Crippen molar-refractivity contribution in [1.29, 1.82) is 0 Å². The van der Waals surface area contributed by atoms with Gasteiger partial charge in [0, 0.05) is 29.8 Å². The molecule has 7 heteroatoms. The Hall–Kier alpha value is -1.69. The highest BCUT2D eigenvalue weighted by Crippen LogP contribution is 1.90. The normalized spacial score (nSPS) is 9.80. The number of halogens is 2. The molecule has 0 aliphatic carbocycles. The summed E-state index contributed by atoms with van der Waals surface area (Å²) in [5.74, 6) is 0. The topological polar surface area (TPSA) is 49.6 Å². The third-order valence-corrected chi connectivity index (χ3v) is 2.38. The van der Waals surface area contributed by atoms with E-state index in [0.717, 1.165) is 5.56 Å². The minimum atomic E-state index is 0. The molecule has 0 aliphatic heterocycles. The highest BCUT2D eigenvalue weighted by molar-refractivity contribution is 5.78. The first-order valence-corrected chi connectivity index (χ1v) is 5.57. The zero-order valence-electron chi connectivity index (χ0n) is 10.6. The quantitative estimate of drug-likeness (QED) is 0.259. The van der Waals surface area contributed by atoms with Gasteiger partial charge in [0.25, 0.3) is 13.5 Å². The molecule has 0 saturated heterocycles. The lowest BCUT2D eigenvalue weighted by Gasteiger charge is -1.97. The SMILES string of the molecule is O/N=C\c1cc[n+](COC[n+]2ccccc2)cc1.[Cl-].[Cl-]. The van der Waals surface area contributed by atoms with Crippen molar-refractivity contribution in [3.63, 3.8) is 0 Å². The van der Waals surface area contributed by atoms with Crippen molar-refractivity contribution in [2.75, 3.05) is 0 Å². The third kappa shape index (κ3) is 5.97. The van der Waals surface area contributed by atoms with E-state index in [2.05, 4.69) is 5.16 Å². The van der Waals surface area contributed by atoms with Crippen molar-refractivity contribution in [3.8, 4) is 0 Å². The van der Waals surface area contributed by atoms with E-state index in [1.807, 2.05) is 64.3 Å². The van der Waals surface area contributed by atoms with Crippen LogP contribution in [0, 0.1) is 0 Å². The molecular formula is C13H15Cl2N3O2. The summed E-state index contributed by atoms with van der Waals surface area (Å²) in [5, 5.41) is 11.4. The van der Waals surface area contributed by atoms with E-state index in [9.17, 15) is 0 Å². The molecule has 2 aromatic rings. The lowest BCUT2D eigenvalue weighted by atomic mass is 10.3. The Morgan fingerprint density at radius 2 is 1.50 bits per heavy atom. The summed E-state index contributed by atoms with van der Waals surface area (Å²) in [5.41, 5.74) is 0.839. The smallest absolute Gasteiger partial charge is 0.257 e. The monoisotopic (exact) mass is 315 g/mol. The molecule has 1 N–H and O–H groups in total. The maximum Gasteiger partial charge on any atom is 0.257 e. The minimum Gasteiger partial charge on any atom is -1.00 e.